The van der Waals surface area contributed by atoms with Crippen molar-refractivity contribution in [2.45, 2.75) is 6.54 Å². The highest BCUT2D eigenvalue weighted by atomic mass is 19.1. The van der Waals surface area contributed by atoms with Crippen molar-refractivity contribution in [3.05, 3.63) is 60.4 Å². The first-order valence-corrected chi connectivity index (χ1v) is 8.50. The van der Waals surface area contributed by atoms with Crippen LogP contribution in [0.15, 0.2) is 53.3 Å². The first-order chi connectivity index (χ1) is 12.8. The van der Waals surface area contributed by atoms with Gasteiger partial charge in [-0.2, -0.15) is 10.1 Å². The van der Waals surface area contributed by atoms with E-state index >= 15 is 0 Å². The van der Waals surface area contributed by atoms with E-state index in [1.165, 1.54) is 6.07 Å². The second-order valence-corrected chi connectivity index (χ2v) is 6.00. The second kappa shape index (κ2) is 7.38. The smallest absolute Gasteiger partial charge is 0.245 e. The number of para-hydroxylation sites is 1. The van der Waals surface area contributed by atoms with Crippen LogP contribution in [0.5, 0.6) is 0 Å². The lowest BCUT2D eigenvalue weighted by molar-refractivity contribution is 0.517. The van der Waals surface area contributed by atoms with Gasteiger partial charge in [0.05, 0.1) is 24.7 Å². The molecule has 1 saturated heterocycles. The molecule has 26 heavy (non-hydrogen) atoms. The second-order valence-electron chi connectivity index (χ2n) is 6.00. The predicted molar refractivity (Wildman–Crippen MR) is 96.7 cm³/mol. The van der Waals surface area contributed by atoms with Crippen molar-refractivity contribution in [3.8, 4) is 0 Å². The maximum atomic E-state index is 13.9. The fourth-order valence-electron chi connectivity index (χ4n) is 2.99. The number of halogens is 1. The molecule has 1 aromatic carbocycles. The lowest BCUT2D eigenvalue weighted by atomic mass is 10.2. The van der Waals surface area contributed by atoms with Gasteiger partial charge in [-0.1, -0.05) is 12.1 Å². The Hall–Kier alpha value is -3.16. The molecule has 0 unspecified atom stereocenters. The highest BCUT2D eigenvalue weighted by molar-refractivity contribution is 5.50. The van der Waals surface area contributed by atoms with Crippen LogP contribution in [-0.2, 0) is 6.54 Å². The van der Waals surface area contributed by atoms with Gasteiger partial charge in [-0.05, 0) is 24.3 Å². The molecule has 0 bridgehead atoms. The third-order valence-electron chi connectivity index (χ3n) is 4.34. The summed E-state index contributed by atoms with van der Waals surface area (Å²) in [6, 6.07) is 10.6. The molecule has 1 N–H and O–H groups in total. The minimum atomic E-state index is -0.186. The number of nitrogens with zero attached hydrogens (tertiary/aromatic N) is 5. The van der Waals surface area contributed by atoms with Crippen molar-refractivity contribution < 1.29 is 8.81 Å². The zero-order valence-electron chi connectivity index (χ0n) is 14.2. The zero-order chi connectivity index (χ0) is 17.8. The van der Waals surface area contributed by atoms with Crippen LogP contribution in [0.25, 0.3) is 0 Å². The van der Waals surface area contributed by atoms with E-state index in [1.54, 1.807) is 18.5 Å². The summed E-state index contributed by atoms with van der Waals surface area (Å²) >= 11 is 0. The van der Waals surface area contributed by atoms with Gasteiger partial charge in [0.1, 0.15) is 11.6 Å². The molecule has 4 rings (SSSR count). The van der Waals surface area contributed by atoms with Crippen molar-refractivity contribution in [2.75, 3.05) is 41.3 Å². The third kappa shape index (κ3) is 3.58. The standard InChI is InChI=1S/C18H19FN6O/c19-15-5-1-2-6-16(15)24-7-9-25(10-8-24)17-13-21-23-18(22-17)20-12-14-4-3-11-26-14/h1-6,11,13H,7-10,12H2,(H,20,22,23). The molecule has 3 heterocycles. The van der Waals surface area contributed by atoms with E-state index in [2.05, 4.69) is 30.3 Å². The van der Waals surface area contributed by atoms with Crippen molar-refractivity contribution in [1.29, 1.82) is 0 Å². The number of nitrogens with one attached hydrogen (secondary N) is 1. The minimum Gasteiger partial charge on any atom is -0.467 e. The molecule has 1 aliphatic heterocycles. The SMILES string of the molecule is Fc1ccccc1N1CCN(c2cnnc(NCc3ccco3)n2)CC1. The first kappa shape index (κ1) is 16.3. The fourth-order valence-corrected chi connectivity index (χ4v) is 2.99. The highest BCUT2D eigenvalue weighted by Gasteiger charge is 2.20. The van der Waals surface area contributed by atoms with Gasteiger partial charge in [-0.25, -0.2) is 4.39 Å². The van der Waals surface area contributed by atoms with Crippen LogP contribution in [0.1, 0.15) is 5.76 Å². The van der Waals surface area contributed by atoms with Crippen LogP contribution in [0, 0.1) is 5.82 Å². The summed E-state index contributed by atoms with van der Waals surface area (Å²) in [5.74, 6) is 1.83. The van der Waals surface area contributed by atoms with E-state index in [1.807, 2.05) is 24.3 Å². The van der Waals surface area contributed by atoms with Crippen molar-refractivity contribution in [3.63, 3.8) is 0 Å². The molecular weight excluding hydrogens is 335 g/mol. The number of aromatic nitrogens is 3. The van der Waals surface area contributed by atoms with Gasteiger partial charge in [0.15, 0.2) is 5.82 Å². The van der Waals surface area contributed by atoms with Gasteiger partial charge in [0, 0.05) is 26.2 Å². The molecule has 1 aliphatic rings. The van der Waals surface area contributed by atoms with E-state index in [-0.39, 0.29) is 5.82 Å². The van der Waals surface area contributed by atoms with E-state index in [0.717, 1.165) is 37.8 Å². The molecule has 1 fully saturated rings. The minimum absolute atomic E-state index is 0.186. The molecule has 134 valence electrons. The summed E-state index contributed by atoms with van der Waals surface area (Å²) < 4.78 is 19.2. The number of anilines is 3. The number of hydrogen-bond donors (Lipinski definition) is 1. The number of furan rings is 1. The van der Waals surface area contributed by atoms with E-state index in [4.69, 9.17) is 4.42 Å². The highest BCUT2D eigenvalue weighted by Crippen LogP contribution is 2.22. The summed E-state index contributed by atoms with van der Waals surface area (Å²) in [5, 5.41) is 11.1. The Morgan fingerprint density at radius 2 is 1.85 bits per heavy atom. The van der Waals surface area contributed by atoms with Crippen molar-refractivity contribution >= 4 is 17.5 Å². The van der Waals surface area contributed by atoms with E-state index < -0.39 is 0 Å². The van der Waals surface area contributed by atoms with Crippen LogP contribution in [0.4, 0.5) is 21.8 Å². The molecule has 3 aromatic rings. The van der Waals surface area contributed by atoms with Crippen LogP contribution in [0.2, 0.25) is 0 Å². The van der Waals surface area contributed by atoms with Crippen LogP contribution in [0.3, 0.4) is 0 Å². The lowest BCUT2D eigenvalue weighted by Gasteiger charge is -2.36. The predicted octanol–water partition coefficient (Wildman–Crippen LogP) is 2.54. The maximum absolute atomic E-state index is 13.9. The summed E-state index contributed by atoms with van der Waals surface area (Å²) in [4.78, 5) is 8.70. The van der Waals surface area contributed by atoms with Crippen LogP contribution >= 0.6 is 0 Å². The summed E-state index contributed by atoms with van der Waals surface area (Å²) in [5.41, 5.74) is 0.647. The monoisotopic (exact) mass is 354 g/mol. The Bertz CT molecular complexity index is 848. The number of benzene rings is 1. The van der Waals surface area contributed by atoms with Gasteiger partial charge in [0.25, 0.3) is 0 Å². The van der Waals surface area contributed by atoms with Gasteiger partial charge < -0.3 is 19.5 Å². The molecule has 2 aromatic heterocycles. The Kier molecular flexibility index (Phi) is 4.63. The normalized spacial score (nSPS) is 14.5. The molecule has 0 aliphatic carbocycles. The molecule has 0 atom stereocenters. The Morgan fingerprint density at radius 1 is 1.04 bits per heavy atom. The van der Waals surface area contributed by atoms with Crippen molar-refractivity contribution in [1.82, 2.24) is 15.2 Å². The number of rotatable bonds is 5. The molecule has 0 saturated carbocycles. The maximum Gasteiger partial charge on any atom is 0.245 e. The van der Waals surface area contributed by atoms with Crippen LogP contribution in [-0.4, -0.2) is 41.4 Å². The van der Waals surface area contributed by atoms with Crippen LogP contribution < -0.4 is 15.1 Å². The Labute approximate surface area is 150 Å². The molecule has 8 heteroatoms. The summed E-state index contributed by atoms with van der Waals surface area (Å²) in [6.45, 7) is 3.43. The topological polar surface area (TPSA) is 70.3 Å². The fraction of sp³-hybridized carbons (Fsp3) is 0.278. The average Bonchev–Trinajstić information content (AvgIpc) is 3.21. The molecule has 0 amide bonds. The van der Waals surface area contributed by atoms with Gasteiger partial charge in [0.2, 0.25) is 5.95 Å². The molecule has 0 spiro atoms. The van der Waals surface area contributed by atoms with Gasteiger partial charge in [-0.15, -0.1) is 5.10 Å². The Morgan fingerprint density at radius 3 is 2.62 bits per heavy atom. The third-order valence-corrected chi connectivity index (χ3v) is 4.34. The van der Waals surface area contributed by atoms with Gasteiger partial charge >= 0.3 is 0 Å². The number of hydrogen-bond acceptors (Lipinski definition) is 7. The zero-order valence-corrected chi connectivity index (χ0v) is 14.2. The summed E-state index contributed by atoms with van der Waals surface area (Å²) in [7, 11) is 0. The van der Waals surface area contributed by atoms with Crippen molar-refractivity contribution in [2.24, 2.45) is 0 Å². The first-order valence-electron chi connectivity index (χ1n) is 8.50. The molecule has 7 nitrogen and oxygen atoms in total. The lowest BCUT2D eigenvalue weighted by Crippen LogP contribution is -2.47. The van der Waals surface area contributed by atoms with Gasteiger partial charge in [-0.3, -0.25) is 0 Å². The largest absolute Gasteiger partial charge is 0.467 e. The molecule has 0 radical (unpaired) electrons. The average molecular weight is 354 g/mol. The quantitative estimate of drug-likeness (QED) is 0.755. The Balaban J connectivity index is 1.38. The van der Waals surface area contributed by atoms with E-state index in [9.17, 15) is 4.39 Å². The molecular formula is C18H19FN6O. The number of piperazine rings is 1. The summed E-state index contributed by atoms with van der Waals surface area (Å²) in [6.07, 6.45) is 3.28. The van der Waals surface area contributed by atoms with E-state index in [0.29, 0.717) is 18.2 Å².